The molecule has 2 rings (SSSR count). The van der Waals surface area contributed by atoms with Crippen molar-refractivity contribution in [2.45, 2.75) is 26.9 Å². The molecule has 110 valence electrons. The van der Waals surface area contributed by atoms with Gasteiger partial charge < -0.3 is 9.84 Å². The van der Waals surface area contributed by atoms with Gasteiger partial charge >= 0.3 is 5.69 Å². The molecule has 2 aromatic carbocycles. The molecular formula is C16H17NO4. The van der Waals surface area contributed by atoms with Crippen molar-refractivity contribution in [1.29, 1.82) is 0 Å². The summed E-state index contributed by atoms with van der Waals surface area (Å²) in [5.74, 6) is 0.707. The highest BCUT2D eigenvalue weighted by atomic mass is 16.6. The van der Waals surface area contributed by atoms with Crippen LogP contribution in [-0.4, -0.2) is 10.0 Å². The Morgan fingerprint density at radius 3 is 2.43 bits per heavy atom. The SMILES string of the molecule is Cc1ccc(Oc2ccc([C@@H](C)O)cc2[N+](=O)[O-])cc1C. The van der Waals surface area contributed by atoms with Gasteiger partial charge in [0.25, 0.3) is 0 Å². The number of aliphatic hydroxyl groups excluding tert-OH is 1. The van der Waals surface area contributed by atoms with Gasteiger partial charge in [0.1, 0.15) is 5.75 Å². The number of ether oxygens (including phenoxy) is 1. The predicted molar refractivity (Wildman–Crippen MR) is 79.7 cm³/mol. The molecular weight excluding hydrogens is 270 g/mol. The number of nitro groups is 1. The molecule has 0 aromatic heterocycles. The maximum absolute atomic E-state index is 11.2. The summed E-state index contributed by atoms with van der Waals surface area (Å²) in [7, 11) is 0. The van der Waals surface area contributed by atoms with Gasteiger partial charge in [0.2, 0.25) is 5.75 Å². The van der Waals surface area contributed by atoms with Gasteiger partial charge in [-0.15, -0.1) is 0 Å². The molecule has 0 fully saturated rings. The van der Waals surface area contributed by atoms with Crippen molar-refractivity contribution in [3.63, 3.8) is 0 Å². The molecule has 0 bridgehead atoms. The van der Waals surface area contributed by atoms with Crippen molar-refractivity contribution < 1.29 is 14.8 Å². The van der Waals surface area contributed by atoms with Crippen molar-refractivity contribution in [1.82, 2.24) is 0 Å². The summed E-state index contributed by atoms with van der Waals surface area (Å²) in [4.78, 5) is 10.6. The van der Waals surface area contributed by atoms with E-state index in [0.717, 1.165) is 11.1 Å². The molecule has 21 heavy (non-hydrogen) atoms. The van der Waals surface area contributed by atoms with Crippen LogP contribution in [0.5, 0.6) is 11.5 Å². The quantitative estimate of drug-likeness (QED) is 0.680. The molecule has 0 unspecified atom stereocenters. The number of aryl methyl sites for hydroxylation is 2. The van der Waals surface area contributed by atoms with Crippen LogP contribution in [0.1, 0.15) is 29.7 Å². The molecule has 2 aromatic rings. The zero-order valence-corrected chi connectivity index (χ0v) is 12.2. The molecule has 1 atom stereocenters. The Morgan fingerprint density at radius 1 is 1.14 bits per heavy atom. The van der Waals surface area contributed by atoms with Gasteiger partial charge in [0.15, 0.2) is 0 Å². The molecule has 5 nitrogen and oxygen atoms in total. The average Bonchev–Trinajstić information content (AvgIpc) is 2.43. The standard InChI is InChI=1S/C16H17NO4/c1-10-4-6-14(8-11(10)2)21-16-7-5-13(12(3)18)9-15(16)17(19)20/h4-9,12,18H,1-3H3/t12-/m1/s1. The molecule has 0 amide bonds. The van der Waals surface area contributed by atoms with Crippen LogP contribution in [0.3, 0.4) is 0 Å². The third kappa shape index (κ3) is 3.38. The predicted octanol–water partition coefficient (Wildman–Crippen LogP) is 4.06. The second-order valence-electron chi connectivity index (χ2n) is 5.01. The van der Waals surface area contributed by atoms with Gasteiger partial charge in [-0.3, -0.25) is 10.1 Å². The highest BCUT2D eigenvalue weighted by Gasteiger charge is 2.18. The minimum Gasteiger partial charge on any atom is -0.450 e. The number of hydrogen-bond acceptors (Lipinski definition) is 4. The lowest BCUT2D eigenvalue weighted by Crippen LogP contribution is -1.97. The lowest BCUT2D eigenvalue weighted by atomic mass is 10.1. The topological polar surface area (TPSA) is 72.6 Å². The van der Waals surface area contributed by atoms with Crippen molar-refractivity contribution in [2.24, 2.45) is 0 Å². The molecule has 1 N–H and O–H groups in total. The Labute approximate surface area is 123 Å². The summed E-state index contributed by atoms with van der Waals surface area (Å²) >= 11 is 0. The summed E-state index contributed by atoms with van der Waals surface area (Å²) in [5, 5.41) is 20.7. The van der Waals surface area contributed by atoms with E-state index in [2.05, 4.69) is 0 Å². The van der Waals surface area contributed by atoms with Crippen molar-refractivity contribution in [3.05, 3.63) is 63.2 Å². The van der Waals surface area contributed by atoms with E-state index >= 15 is 0 Å². The van der Waals surface area contributed by atoms with Gasteiger partial charge in [0.05, 0.1) is 11.0 Å². The molecule has 0 heterocycles. The maximum atomic E-state index is 11.2. The number of benzene rings is 2. The monoisotopic (exact) mass is 287 g/mol. The van der Waals surface area contributed by atoms with E-state index in [1.54, 1.807) is 19.1 Å². The first kappa shape index (κ1) is 15.0. The van der Waals surface area contributed by atoms with Crippen LogP contribution in [0.4, 0.5) is 5.69 Å². The Kier molecular flexibility index (Phi) is 4.23. The van der Waals surface area contributed by atoms with Gasteiger partial charge in [0, 0.05) is 6.07 Å². The van der Waals surface area contributed by atoms with Crippen LogP contribution < -0.4 is 4.74 Å². The highest BCUT2D eigenvalue weighted by molar-refractivity contribution is 5.51. The summed E-state index contributed by atoms with van der Waals surface area (Å²) in [6.07, 6.45) is -0.764. The molecule has 0 aliphatic heterocycles. The first-order chi connectivity index (χ1) is 9.88. The first-order valence-corrected chi connectivity index (χ1v) is 6.60. The van der Waals surface area contributed by atoms with Crippen LogP contribution in [0.25, 0.3) is 0 Å². The lowest BCUT2D eigenvalue weighted by molar-refractivity contribution is -0.385. The fraction of sp³-hybridized carbons (Fsp3) is 0.250. The normalized spacial score (nSPS) is 12.0. The van der Waals surface area contributed by atoms with E-state index in [-0.39, 0.29) is 11.4 Å². The van der Waals surface area contributed by atoms with E-state index in [9.17, 15) is 15.2 Å². The van der Waals surface area contributed by atoms with Crippen molar-refractivity contribution in [3.8, 4) is 11.5 Å². The summed E-state index contributed by atoms with van der Waals surface area (Å²) in [5.41, 5.74) is 2.50. The summed E-state index contributed by atoms with van der Waals surface area (Å²) in [6, 6.07) is 9.97. The van der Waals surface area contributed by atoms with E-state index in [1.807, 2.05) is 26.0 Å². The fourth-order valence-electron chi connectivity index (χ4n) is 1.93. The molecule has 0 aliphatic rings. The highest BCUT2D eigenvalue weighted by Crippen LogP contribution is 2.34. The first-order valence-electron chi connectivity index (χ1n) is 6.60. The van der Waals surface area contributed by atoms with Gasteiger partial charge in [-0.05, 0) is 55.7 Å². The summed E-state index contributed by atoms with van der Waals surface area (Å²) < 4.78 is 5.62. The molecule has 0 saturated heterocycles. The van der Waals surface area contributed by atoms with Crippen molar-refractivity contribution in [2.75, 3.05) is 0 Å². The minimum absolute atomic E-state index is 0.160. The largest absolute Gasteiger partial charge is 0.450 e. The zero-order valence-electron chi connectivity index (χ0n) is 12.2. The van der Waals surface area contributed by atoms with Crippen LogP contribution >= 0.6 is 0 Å². The fourth-order valence-corrected chi connectivity index (χ4v) is 1.93. The van der Waals surface area contributed by atoms with E-state index in [4.69, 9.17) is 4.74 Å². The second kappa shape index (κ2) is 5.93. The van der Waals surface area contributed by atoms with Gasteiger partial charge in [-0.1, -0.05) is 12.1 Å². The molecule has 5 heteroatoms. The Morgan fingerprint density at radius 2 is 1.86 bits per heavy atom. The number of nitro benzene ring substituents is 1. The number of hydrogen-bond donors (Lipinski definition) is 1. The smallest absolute Gasteiger partial charge is 0.311 e. The Hall–Kier alpha value is -2.40. The maximum Gasteiger partial charge on any atom is 0.311 e. The van der Waals surface area contributed by atoms with Crippen molar-refractivity contribution >= 4 is 5.69 Å². The Balaban J connectivity index is 2.39. The van der Waals surface area contributed by atoms with Gasteiger partial charge in [-0.25, -0.2) is 0 Å². The molecule has 0 radical (unpaired) electrons. The average molecular weight is 287 g/mol. The van der Waals surface area contributed by atoms with Crippen LogP contribution in [0.2, 0.25) is 0 Å². The van der Waals surface area contributed by atoms with E-state index in [1.165, 1.54) is 12.1 Å². The molecule has 0 saturated carbocycles. The van der Waals surface area contributed by atoms with E-state index in [0.29, 0.717) is 11.3 Å². The third-order valence-corrected chi connectivity index (χ3v) is 3.37. The minimum atomic E-state index is -0.764. The number of rotatable bonds is 4. The summed E-state index contributed by atoms with van der Waals surface area (Å²) in [6.45, 7) is 5.50. The van der Waals surface area contributed by atoms with Crippen LogP contribution in [-0.2, 0) is 0 Å². The molecule has 0 aliphatic carbocycles. The zero-order chi connectivity index (χ0) is 15.6. The van der Waals surface area contributed by atoms with Crippen LogP contribution in [0.15, 0.2) is 36.4 Å². The lowest BCUT2D eigenvalue weighted by Gasteiger charge is -2.10. The second-order valence-corrected chi connectivity index (χ2v) is 5.01. The number of aliphatic hydroxyl groups is 1. The molecule has 0 spiro atoms. The Bertz CT molecular complexity index is 680. The van der Waals surface area contributed by atoms with Crippen LogP contribution in [0, 0.1) is 24.0 Å². The number of nitrogens with zero attached hydrogens (tertiary/aromatic N) is 1. The third-order valence-electron chi connectivity index (χ3n) is 3.37. The van der Waals surface area contributed by atoms with Gasteiger partial charge in [-0.2, -0.15) is 0 Å². The van der Waals surface area contributed by atoms with E-state index < -0.39 is 11.0 Å².